The summed E-state index contributed by atoms with van der Waals surface area (Å²) in [5.41, 5.74) is 2.15. The molecule has 1 amide bonds. The second-order valence-corrected chi connectivity index (χ2v) is 8.67. The molecule has 174 valence electrons. The van der Waals surface area contributed by atoms with Crippen molar-refractivity contribution in [3.63, 3.8) is 0 Å². The van der Waals surface area contributed by atoms with Crippen LogP contribution in [0.3, 0.4) is 0 Å². The van der Waals surface area contributed by atoms with Crippen molar-refractivity contribution in [1.29, 1.82) is 0 Å². The van der Waals surface area contributed by atoms with Crippen molar-refractivity contribution in [3.05, 3.63) is 107 Å². The number of halogens is 1. The lowest BCUT2D eigenvalue weighted by molar-refractivity contribution is 0.0930. The van der Waals surface area contributed by atoms with Crippen LogP contribution in [0.5, 0.6) is 5.75 Å². The van der Waals surface area contributed by atoms with Gasteiger partial charge in [0.15, 0.2) is 11.0 Å². The minimum absolute atomic E-state index is 0.00293. The van der Waals surface area contributed by atoms with E-state index in [0.717, 1.165) is 22.0 Å². The quantitative estimate of drug-likeness (QED) is 0.346. The van der Waals surface area contributed by atoms with Gasteiger partial charge in [-0.25, -0.2) is 4.39 Å². The van der Waals surface area contributed by atoms with E-state index in [1.54, 1.807) is 31.0 Å². The molecule has 0 saturated carbocycles. The van der Waals surface area contributed by atoms with Gasteiger partial charge in [0, 0.05) is 12.8 Å². The average Bonchev–Trinajstić information content (AvgIpc) is 3.23. The highest BCUT2D eigenvalue weighted by Crippen LogP contribution is 2.26. The molecule has 0 radical (unpaired) electrons. The molecule has 0 aliphatic rings. The van der Waals surface area contributed by atoms with Gasteiger partial charge < -0.3 is 14.6 Å². The number of nitrogens with one attached hydrogen (secondary N) is 1. The van der Waals surface area contributed by atoms with Crippen LogP contribution in [-0.2, 0) is 19.2 Å². The van der Waals surface area contributed by atoms with Crippen LogP contribution >= 0.6 is 11.8 Å². The minimum Gasteiger partial charge on any atom is -0.497 e. The summed E-state index contributed by atoms with van der Waals surface area (Å²) < 4.78 is 21.3. The van der Waals surface area contributed by atoms with Gasteiger partial charge in [0.1, 0.15) is 11.6 Å². The van der Waals surface area contributed by atoms with E-state index in [9.17, 15) is 9.18 Å². The highest BCUT2D eigenvalue weighted by Gasteiger charge is 2.24. The third-order valence-corrected chi connectivity index (χ3v) is 6.51. The number of benzene rings is 3. The maximum atomic E-state index is 14.2. The van der Waals surface area contributed by atoms with E-state index < -0.39 is 17.8 Å². The topological polar surface area (TPSA) is 69.0 Å². The Morgan fingerprint density at radius 1 is 1.00 bits per heavy atom. The third kappa shape index (κ3) is 5.63. The average molecular weight is 477 g/mol. The number of ether oxygens (including phenoxy) is 1. The number of carbonyl (C=O) groups is 1. The van der Waals surface area contributed by atoms with Crippen LogP contribution in [0.4, 0.5) is 4.39 Å². The molecule has 3 aromatic carbocycles. The van der Waals surface area contributed by atoms with Crippen molar-refractivity contribution in [2.24, 2.45) is 7.05 Å². The fourth-order valence-corrected chi connectivity index (χ4v) is 4.44. The Hall–Kier alpha value is -3.65. The van der Waals surface area contributed by atoms with Gasteiger partial charge in [-0.2, -0.15) is 0 Å². The zero-order valence-electron chi connectivity index (χ0n) is 18.9. The molecule has 8 heteroatoms. The molecule has 0 spiro atoms. The minimum atomic E-state index is -0.563. The molecule has 4 rings (SSSR count). The maximum absolute atomic E-state index is 14.2. The Morgan fingerprint density at radius 3 is 2.41 bits per heavy atom. The van der Waals surface area contributed by atoms with E-state index in [1.165, 1.54) is 12.1 Å². The summed E-state index contributed by atoms with van der Waals surface area (Å²) in [7, 11) is 3.51. The van der Waals surface area contributed by atoms with Gasteiger partial charge in [0.05, 0.1) is 18.7 Å². The smallest absolute Gasteiger partial charge is 0.254 e. The molecule has 6 nitrogen and oxygen atoms in total. The molecule has 4 aromatic rings. The van der Waals surface area contributed by atoms with Crippen molar-refractivity contribution in [2.75, 3.05) is 7.11 Å². The van der Waals surface area contributed by atoms with Crippen molar-refractivity contribution in [1.82, 2.24) is 20.1 Å². The molecule has 1 N–H and O–H groups in total. The number of methoxy groups -OCH3 is 1. The monoisotopic (exact) mass is 476 g/mol. The summed E-state index contributed by atoms with van der Waals surface area (Å²) in [5, 5.41) is 12.4. The number of nitrogens with zero attached hydrogens (tertiary/aromatic N) is 3. The number of hydrogen-bond donors (Lipinski definition) is 1. The van der Waals surface area contributed by atoms with E-state index in [1.807, 2.05) is 66.2 Å². The molecule has 1 unspecified atom stereocenters. The standard InChI is InChI=1S/C26H25FN4O2S/c1-31-24(29-30-26(31)34-17-19-12-14-20(33-2)15-13-19)23(16-18-8-4-3-5-9-18)28-25(32)21-10-6-7-11-22(21)27/h3-15,23H,16-17H2,1-2H3,(H,28,32). The van der Waals surface area contributed by atoms with Gasteiger partial charge in [-0.05, 0) is 41.8 Å². The van der Waals surface area contributed by atoms with Crippen molar-refractivity contribution < 1.29 is 13.9 Å². The predicted octanol–water partition coefficient (Wildman–Crippen LogP) is 4.97. The largest absolute Gasteiger partial charge is 0.497 e. The second-order valence-electron chi connectivity index (χ2n) is 7.73. The lowest BCUT2D eigenvalue weighted by Crippen LogP contribution is -2.32. The zero-order valence-corrected chi connectivity index (χ0v) is 19.8. The summed E-state index contributed by atoms with van der Waals surface area (Å²) in [6.07, 6.45) is 0.496. The molecule has 34 heavy (non-hydrogen) atoms. The lowest BCUT2D eigenvalue weighted by atomic mass is 10.0. The Bertz CT molecular complexity index is 1250. The summed E-state index contributed by atoms with van der Waals surface area (Å²) in [5.74, 6) is 1.07. The number of thioether (sulfide) groups is 1. The molecule has 0 fully saturated rings. The van der Waals surface area contributed by atoms with Gasteiger partial charge >= 0.3 is 0 Å². The molecule has 0 saturated heterocycles. The van der Waals surface area contributed by atoms with Gasteiger partial charge in [-0.1, -0.05) is 66.4 Å². The molecule has 1 aromatic heterocycles. The summed E-state index contributed by atoms with van der Waals surface area (Å²) in [6, 6.07) is 23.1. The highest BCUT2D eigenvalue weighted by molar-refractivity contribution is 7.98. The Morgan fingerprint density at radius 2 is 1.71 bits per heavy atom. The van der Waals surface area contributed by atoms with Crippen LogP contribution in [-0.4, -0.2) is 27.8 Å². The number of rotatable bonds is 9. The first-order chi connectivity index (χ1) is 16.5. The van der Waals surface area contributed by atoms with E-state index in [2.05, 4.69) is 15.5 Å². The summed E-state index contributed by atoms with van der Waals surface area (Å²) in [4.78, 5) is 12.9. The van der Waals surface area contributed by atoms with Crippen LogP contribution in [0.25, 0.3) is 0 Å². The van der Waals surface area contributed by atoms with E-state index >= 15 is 0 Å². The van der Waals surface area contributed by atoms with Crippen LogP contribution in [0, 0.1) is 5.82 Å². The predicted molar refractivity (Wildman–Crippen MR) is 130 cm³/mol. The van der Waals surface area contributed by atoms with Crippen LogP contribution < -0.4 is 10.1 Å². The molecule has 1 heterocycles. The molecule has 1 atom stereocenters. The third-order valence-electron chi connectivity index (χ3n) is 5.41. The van der Waals surface area contributed by atoms with Crippen LogP contribution in [0.1, 0.15) is 33.4 Å². The number of aromatic nitrogens is 3. The van der Waals surface area contributed by atoms with Crippen molar-refractivity contribution in [2.45, 2.75) is 23.4 Å². The van der Waals surface area contributed by atoms with E-state index in [0.29, 0.717) is 18.0 Å². The first-order valence-corrected chi connectivity index (χ1v) is 11.8. The first-order valence-electron chi connectivity index (χ1n) is 10.8. The molecule has 0 aliphatic heterocycles. The second kappa shape index (κ2) is 11.0. The highest BCUT2D eigenvalue weighted by atomic mass is 32.2. The molecule has 0 bridgehead atoms. The first kappa shape index (κ1) is 23.5. The number of hydrogen-bond acceptors (Lipinski definition) is 5. The van der Waals surface area contributed by atoms with Crippen LogP contribution in [0.15, 0.2) is 84.0 Å². The van der Waals surface area contributed by atoms with Crippen molar-refractivity contribution >= 4 is 17.7 Å². The molecular weight excluding hydrogens is 451 g/mol. The van der Waals surface area contributed by atoms with Gasteiger partial charge in [0.25, 0.3) is 5.91 Å². The fraction of sp³-hybridized carbons (Fsp3) is 0.192. The van der Waals surface area contributed by atoms with Crippen LogP contribution in [0.2, 0.25) is 0 Å². The lowest BCUT2D eigenvalue weighted by Gasteiger charge is -2.19. The molecular formula is C26H25FN4O2S. The summed E-state index contributed by atoms with van der Waals surface area (Å²) in [6.45, 7) is 0. The number of amides is 1. The molecule has 0 aliphatic carbocycles. The van der Waals surface area contributed by atoms with E-state index in [4.69, 9.17) is 4.74 Å². The Kier molecular flexibility index (Phi) is 7.59. The fourth-order valence-electron chi connectivity index (χ4n) is 3.56. The Balaban J connectivity index is 1.55. The van der Waals surface area contributed by atoms with Gasteiger partial charge in [-0.15, -0.1) is 10.2 Å². The Labute approximate surface area is 202 Å². The van der Waals surface area contributed by atoms with Gasteiger partial charge in [-0.3, -0.25) is 4.79 Å². The van der Waals surface area contributed by atoms with Crippen molar-refractivity contribution in [3.8, 4) is 5.75 Å². The summed E-state index contributed by atoms with van der Waals surface area (Å²) >= 11 is 1.55. The maximum Gasteiger partial charge on any atom is 0.254 e. The van der Waals surface area contributed by atoms with Gasteiger partial charge in [0.2, 0.25) is 0 Å². The SMILES string of the molecule is COc1ccc(CSc2nnc(C(Cc3ccccc3)NC(=O)c3ccccc3F)n2C)cc1. The zero-order chi connectivity index (χ0) is 23.9. The number of carbonyl (C=O) groups excluding carboxylic acids is 1. The normalized spacial score (nSPS) is 11.7. The van der Waals surface area contributed by atoms with E-state index in [-0.39, 0.29) is 5.56 Å².